The Hall–Kier alpha value is -7.41. The molecule has 0 aliphatic carbocycles. The van der Waals surface area contributed by atoms with E-state index in [9.17, 15) is 29.1 Å². The van der Waals surface area contributed by atoms with Crippen LogP contribution in [-0.2, 0) is 58.5 Å². The van der Waals surface area contributed by atoms with Gasteiger partial charge in [-0.2, -0.15) is 0 Å². The van der Waals surface area contributed by atoms with Crippen LogP contribution in [0.5, 0.6) is 0 Å². The van der Waals surface area contributed by atoms with E-state index in [4.69, 9.17) is 28.4 Å². The van der Waals surface area contributed by atoms with Crippen molar-refractivity contribution in [2.24, 2.45) is 0 Å². The summed E-state index contributed by atoms with van der Waals surface area (Å²) in [6.45, 7) is 4.57. The van der Waals surface area contributed by atoms with Gasteiger partial charge in [-0.15, -0.1) is 0 Å². The molecule has 6 aromatic carbocycles. The van der Waals surface area contributed by atoms with Crippen LogP contribution in [0.15, 0.2) is 164 Å². The highest BCUT2D eigenvalue weighted by atomic mass is 16.7. The van der Waals surface area contributed by atoms with Crippen LogP contribution in [0.3, 0.4) is 0 Å². The van der Waals surface area contributed by atoms with E-state index in [2.05, 4.69) is 0 Å². The van der Waals surface area contributed by atoms with Crippen molar-refractivity contribution in [2.45, 2.75) is 76.5 Å². The number of rotatable bonds is 15. The maximum atomic E-state index is 14.3. The van der Waals surface area contributed by atoms with Gasteiger partial charge in [-0.25, -0.2) is 19.2 Å². The van der Waals surface area contributed by atoms with Crippen LogP contribution in [0.25, 0.3) is 0 Å². The number of hydrogen-bond donors (Lipinski definition) is 1. The van der Waals surface area contributed by atoms with Crippen LogP contribution >= 0.6 is 0 Å². The van der Waals surface area contributed by atoms with E-state index in [-0.39, 0.29) is 40.8 Å². The van der Waals surface area contributed by atoms with Crippen molar-refractivity contribution < 1.29 is 57.5 Å². The van der Waals surface area contributed by atoms with E-state index in [0.29, 0.717) is 11.1 Å². The Kier molecular flexibility index (Phi) is 14.6. The number of esters is 5. The molecule has 6 atom stereocenters. The molecule has 0 unspecified atom stereocenters. The highest BCUT2D eigenvalue weighted by Crippen LogP contribution is 2.44. The molecule has 1 aliphatic heterocycles. The number of aliphatic hydroxyl groups is 1. The molecule has 6 aromatic rings. The van der Waals surface area contributed by atoms with E-state index in [1.807, 2.05) is 31.2 Å². The Morgan fingerprint density at radius 2 is 1.03 bits per heavy atom. The molecule has 0 bridgehead atoms. The third-order valence-corrected chi connectivity index (χ3v) is 11.0. The molecule has 12 nitrogen and oxygen atoms in total. The second kappa shape index (κ2) is 20.8. The summed E-state index contributed by atoms with van der Waals surface area (Å²) in [5.74, 6) is -6.85. The molecule has 7 rings (SSSR count). The summed E-state index contributed by atoms with van der Waals surface area (Å²) in [7, 11) is 0. The summed E-state index contributed by atoms with van der Waals surface area (Å²) in [6, 6.07) is 45.0. The molecule has 0 amide bonds. The average molecular weight is 877 g/mol. The predicted molar refractivity (Wildman–Crippen MR) is 238 cm³/mol. The first-order valence-corrected chi connectivity index (χ1v) is 21.2. The van der Waals surface area contributed by atoms with Gasteiger partial charge in [0.05, 0.1) is 22.3 Å². The fourth-order valence-electron chi connectivity index (χ4n) is 7.58. The number of carbonyl (C=O) groups excluding carboxylic acids is 5. The lowest BCUT2D eigenvalue weighted by Crippen LogP contribution is -2.68. The zero-order valence-corrected chi connectivity index (χ0v) is 36.0. The van der Waals surface area contributed by atoms with Gasteiger partial charge in [0.15, 0.2) is 12.2 Å². The standard InChI is InChI=1S/C53H48O12/c1-4-36-25-27-37(28-26-36)31-43-30-29-38(33-60-35(3)54)32-44(43)53(59)48(64-52(58)42-23-15-8-16-24-42)47(63-51(57)41-21-13-7-14-22-41)46(62-50(56)40-19-11-6-12-20-40)45(65-53)34(2)61-49(55)39-17-9-5-10-18-39/h5-30,32,34,45-48,59H,4,31,33H2,1-3H3/t34-,45-,46-,47+,48-,53-/m1/s1. The Morgan fingerprint density at radius 1 is 0.585 bits per heavy atom. The molecule has 1 fully saturated rings. The van der Waals surface area contributed by atoms with Gasteiger partial charge < -0.3 is 33.5 Å². The van der Waals surface area contributed by atoms with Crippen molar-refractivity contribution in [3.8, 4) is 0 Å². The fourth-order valence-corrected chi connectivity index (χ4v) is 7.58. The van der Waals surface area contributed by atoms with Crippen molar-refractivity contribution >= 4 is 29.8 Å². The third-order valence-electron chi connectivity index (χ3n) is 11.0. The minimum Gasteiger partial charge on any atom is -0.461 e. The molecule has 0 radical (unpaired) electrons. The van der Waals surface area contributed by atoms with E-state index in [0.717, 1.165) is 17.5 Å². The molecule has 0 aromatic heterocycles. The van der Waals surface area contributed by atoms with Crippen LogP contribution in [-0.4, -0.2) is 65.5 Å². The van der Waals surface area contributed by atoms with Crippen LogP contribution < -0.4 is 0 Å². The summed E-state index contributed by atoms with van der Waals surface area (Å²) < 4.78 is 37.0. The molecule has 332 valence electrons. The minimum atomic E-state index is -2.77. The Balaban J connectivity index is 1.45. The molecule has 0 saturated carbocycles. The lowest BCUT2D eigenvalue weighted by Gasteiger charge is -2.50. The number of benzene rings is 6. The monoisotopic (exact) mass is 876 g/mol. The van der Waals surface area contributed by atoms with Crippen molar-refractivity contribution in [3.63, 3.8) is 0 Å². The van der Waals surface area contributed by atoms with Gasteiger partial charge in [0.1, 0.15) is 18.8 Å². The van der Waals surface area contributed by atoms with Crippen molar-refractivity contribution in [1.82, 2.24) is 0 Å². The van der Waals surface area contributed by atoms with Crippen LogP contribution in [0.1, 0.15) is 90.0 Å². The summed E-state index contributed by atoms with van der Waals surface area (Å²) in [4.78, 5) is 68.5. The first-order chi connectivity index (χ1) is 31.4. The number of aryl methyl sites for hydroxylation is 1. The van der Waals surface area contributed by atoms with E-state index < -0.39 is 66.2 Å². The van der Waals surface area contributed by atoms with E-state index in [1.54, 1.807) is 103 Å². The van der Waals surface area contributed by atoms with Crippen molar-refractivity contribution in [3.05, 3.63) is 214 Å². The first kappa shape index (κ1) is 45.6. The van der Waals surface area contributed by atoms with Gasteiger partial charge in [0, 0.05) is 12.5 Å². The molecule has 12 heteroatoms. The topological polar surface area (TPSA) is 161 Å². The quantitative estimate of drug-likeness (QED) is 0.0777. The van der Waals surface area contributed by atoms with Crippen molar-refractivity contribution in [1.29, 1.82) is 0 Å². The number of hydrogen-bond acceptors (Lipinski definition) is 12. The summed E-state index contributed by atoms with van der Waals surface area (Å²) in [5, 5.41) is 13.7. The zero-order chi connectivity index (χ0) is 45.9. The van der Waals surface area contributed by atoms with Gasteiger partial charge in [0.25, 0.3) is 0 Å². The zero-order valence-electron chi connectivity index (χ0n) is 36.0. The molecule has 0 spiro atoms. The molecule has 1 aliphatic rings. The first-order valence-electron chi connectivity index (χ1n) is 21.2. The maximum Gasteiger partial charge on any atom is 0.338 e. The van der Waals surface area contributed by atoms with E-state index in [1.165, 1.54) is 50.2 Å². The molecule has 1 heterocycles. The van der Waals surface area contributed by atoms with Gasteiger partial charge in [-0.3, -0.25) is 4.79 Å². The highest BCUT2D eigenvalue weighted by molar-refractivity contribution is 5.92. The second-order valence-corrected chi connectivity index (χ2v) is 15.5. The number of carbonyl (C=O) groups is 5. The molecule has 1 N–H and O–H groups in total. The molecule has 1 saturated heterocycles. The molecular formula is C53H48O12. The number of ether oxygens (including phenoxy) is 6. The highest BCUT2D eigenvalue weighted by Gasteiger charge is 2.62. The maximum absolute atomic E-state index is 14.3. The SMILES string of the molecule is CCc1ccc(Cc2ccc(COC(C)=O)cc2[C@@]2(O)O[C@H]([C@@H](C)OC(=O)c3ccccc3)[C@@H](OC(=O)c3ccccc3)[C@H](OC(=O)c3ccccc3)[C@H]2OC(=O)c2ccccc2)cc1. The van der Waals surface area contributed by atoms with Gasteiger partial charge >= 0.3 is 29.8 Å². The molecule has 65 heavy (non-hydrogen) atoms. The van der Waals surface area contributed by atoms with E-state index >= 15 is 0 Å². The van der Waals surface area contributed by atoms with Gasteiger partial charge in [-0.1, -0.05) is 116 Å². The van der Waals surface area contributed by atoms with Crippen molar-refractivity contribution in [2.75, 3.05) is 0 Å². The summed E-state index contributed by atoms with van der Waals surface area (Å²) >= 11 is 0. The third kappa shape index (κ3) is 11.0. The molecular weight excluding hydrogens is 829 g/mol. The van der Waals surface area contributed by atoms with Crippen LogP contribution in [0.2, 0.25) is 0 Å². The smallest absolute Gasteiger partial charge is 0.338 e. The minimum absolute atomic E-state index is 0.0350. The lowest BCUT2D eigenvalue weighted by molar-refractivity contribution is -0.360. The summed E-state index contributed by atoms with van der Waals surface area (Å²) in [6.07, 6.45) is -7.49. The fraction of sp³-hybridized carbons (Fsp3) is 0.226. The van der Waals surface area contributed by atoms with Crippen LogP contribution in [0, 0.1) is 0 Å². The second-order valence-electron chi connectivity index (χ2n) is 15.5. The Labute approximate surface area is 376 Å². The van der Waals surface area contributed by atoms with Gasteiger partial charge in [-0.05, 0) is 96.6 Å². The Morgan fingerprint density at radius 3 is 1.52 bits per heavy atom. The predicted octanol–water partition coefficient (Wildman–Crippen LogP) is 8.37. The largest absolute Gasteiger partial charge is 0.461 e. The average Bonchev–Trinajstić information content (AvgIpc) is 3.34. The lowest BCUT2D eigenvalue weighted by atomic mass is 9.82. The normalized spacial score (nSPS) is 19.5. The summed E-state index contributed by atoms with van der Waals surface area (Å²) in [5.41, 5.74) is 3.35. The van der Waals surface area contributed by atoms with Gasteiger partial charge in [0.2, 0.25) is 11.9 Å². The Bertz CT molecular complexity index is 2580. The van der Waals surface area contributed by atoms with Crippen LogP contribution in [0.4, 0.5) is 0 Å².